The maximum atomic E-state index is 13.8. The lowest BCUT2D eigenvalue weighted by molar-refractivity contribution is -0.148. The molecule has 1 saturated carbocycles. The molecule has 1 aromatic carbocycles. The standard InChI is InChI=1S/C27H33N3O8/c1-30(2)20-15-7-12-6-14-18(16(31)8-13(23(14)38-3)10-29-9-11-4-5-11)21(32)17(12)24(34)27(15,37)25(35)19(22(20)33)26(28)36/h8,11-12,15,20,29,31,33-34,37H,4-7,9-10H2,1-3H3,(H2,28,36)/t12-,15-,20-,27-/m0/s1. The van der Waals surface area contributed by atoms with Gasteiger partial charge in [0.2, 0.25) is 5.78 Å². The average Bonchev–Trinajstić information content (AvgIpc) is 3.65. The van der Waals surface area contributed by atoms with Gasteiger partial charge in [-0.25, -0.2) is 0 Å². The second-order valence-electron chi connectivity index (χ2n) is 11.0. The minimum absolute atomic E-state index is 0.0276. The van der Waals surface area contributed by atoms with Crippen LogP contribution in [0.15, 0.2) is 28.7 Å². The van der Waals surface area contributed by atoms with Crippen molar-refractivity contribution in [2.24, 2.45) is 23.5 Å². The normalized spacial score (nSPS) is 28.8. The fraction of sp³-hybridized carbons (Fsp3) is 0.519. The quantitative estimate of drug-likeness (QED) is 0.275. The lowest BCUT2D eigenvalue weighted by Gasteiger charge is -2.50. The first-order valence-electron chi connectivity index (χ1n) is 12.7. The molecule has 0 aliphatic heterocycles. The largest absolute Gasteiger partial charge is 0.510 e. The third kappa shape index (κ3) is 3.71. The molecule has 0 unspecified atom stereocenters. The summed E-state index contributed by atoms with van der Waals surface area (Å²) in [7, 11) is 4.67. The van der Waals surface area contributed by atoms with Gasteiger partial charge in [-0.3, -0.25) is 19.3 Å². The Kier molecular flexibility index (Phi) is 6.28. The van der Waals surface area contributed by atoms with E-state index in [9.17, 15) is 34.8 Å². The minimum Gasteiger partial charge on any atom is -0.510 e. The average molecular weight is 528 g/mol. The minimum atomic E-state index is -2.66. The molecular weight excluding hydrogens is 494 g/mol. The van der Waals surface area contributed by atoms with E-state index < -0.39 is 58.0 Å². The molecule has 7 N–H and O–H groups in total. The number of aromatic hydroxyl groups is 1. The number of aliphatic hydroxyl groups is 3. The number of nitrogens with two attached hydrogens (primary N) is 1. The lowest BCUT2D eigenvalue weighted by Crippen LogP contribution is -2.63. The van der Waals surface area contributed by atoms with E-state index in [1.807, 2.05) is 0 Å². The summed E-state index contributed by atoms with van der Waals surface area (Å²) in [5.41, 5.74) is 2.79. The van der Waals surface area contributed by atoms with Crippen LogP contribution in [0.2, 0.25) is 0 Å². The number of carbonyl (C=O) groups is 3. The van der Waals surface area contributed by atoms with E-state index in [-0.39, 0.29) is 29.7 Å². The first-order chi connectivity index (χ1) is 17.9. The third-order valence-corrected chi connectivity index (χ3v) is 8.40. The molecule has 0 bridgehead atoms. The molecule has 1 aromatic rings. The summed E-state index contributed by atoms with van der Waals surface area (Å²) in [6, 6.07) is 0.418. The number of allylic oxidation sites excluding steroid dienone is 1. The Morgan fingerprint density at radius 1 is 1.24 bits per heavy atom. The van der Waals surface area contributed by atoms with Crippen LogP contribution in [0.1, 0.15) is 40.7 Å². The van der Waals surface area contributed by atoms with E-state index in [4.69, 9.17) is 10.5 Å². The third-order valence-electron chi connectivity index (χ3n) is 8.40. The van der Waals surface area contributed by atoms with Gasteiger partial charge in [0.05, 0.1) is 18.7 Å². The molecule has 4 aliphatic rings. The number of hydrogen-bond donors (Lipinski definition) is 6. The van der Waals surface area contributed by atoms with Crippen LogP contribution < -0.4 is 15.8 Å². The van der Waals surface area contributed by atoms with Crippen molar-refractivity contribution in [3.05, 3.63) is 45.4 Å². The number of likely N-dealkylation sites (N-methyl/N-ethyl adjacent to an activating group) is 1. The number of benzene rings is 1. The van der Waals surface area contributed by atoms with Crippen molar-refractivity contribution in [3.8, 4) is 11.5 Å². The second kappa shape index (κ2) is 9.11. The van der Waals surface area contributed by atoms with Crippen LogP contribution in [0.4, 0.5) is 0 Å². The van der Waals surface area contributed by atoms with Gasteiger partial charge in [0.25, 0.3) is 5.91 Å². The smallest absolute Gasteiger partial charge is 0.255 e. The highest BCUT2D eigenvalue weighted by Crippen LogP contribution is 2.53. The molecule has 11 nitrogen and oxygen atoms in total. The van der Waals surface area contributed by atoms with Gasteiger partial charge in [-0.1, -0.05) is 0 Å². The number of amides is 1. The van der Waals surface area contributed by atoms with Crippen molar-refractivity contribution < 1.29 is 39.5 Å². The fourth-order valence-electron chi connectivity index (χ4n) is 6.48. The first kappa shape index (κ1) is 26.2. The SMILES string of the molecule is COc1c(CNCC2CC2)cc(O)c2c1C[C@H]1C[C@H]3[C@H](N(C)C)C(O)=C(C(N)=O)C(=O)[C@@]3(O)C(O)=C1C2=O. The van der Waals surface area contributed by atoms with E-state index in [0.717, 1.165) is 6.54 Å². The first-order valence-corrected chi connectivity index (χ1v) is 12.7. The van der Waals surface area contributed by atoms with Crippen LogP contribution in [0, 0.1) is 17.8 Å². The van der Waals surface area contributed by atoms with E-state index >= 15 is 0 Å². The number of fused-ring (bicyclic) bond motifs is 3. The zero-order chi connectivity index (χ0) is 27.7. The number of phenolic OH excluding ortho intramolecular Hbond substituents is 1. The van der Waals surface area contributed by atoms with Crippen LogP contribution in [-0.2, 0) is 22.6 Å². The molecule has 38 heavy (non-hydrogen) atoms. The molecule has 11 heteroatoms. The Bertz CT molecular complexity index is 1310. The van der Waals surface area contributed by atoms with E-state index in [1.54, 1.807) is 14.1 Å². The van der Waals surface area contributed by atoms with Gasteiger partial charge in [0.1, 0.15) is 28.6 Å². The zero-order valence-corrected chi connectivity index (χ0v) is 21.6. The molecule has 0 aromatic heterocycles. The highest BCUT2D eigenvalue weighted by Gasteiger charge is 2.63. The maximum absolute atomic E-state index is 13.8. The Hall–Kier alpha value is -3.41. The summed E-state index contributed by atoms with van der Waals surface area (Å²) in [5, 5.41) is 48.1. The Morgan fingerprint density at radius 2 is 1.92 bits per heavy atom. The van der Waals surface area contributed by atoms with Gasteiger partial charge in [-0.05, 0) is 64.2 Å². The summed E-state index contributed by atoms with van der Waals surface area (Å²) in [6.07, 6.45) is 2.58. The monoisotopic (exact) mass is 527 g/mol. The van der Waals surface area contributed by atoms with Crippen LogP contribution in [-0.4, -0.2) is 82.2 Å². The molecule has 4 atom stereocenters. The van der Waals surface area contributed by atoms with Crippen LogP contribution >= 0.6 is 0 Å². The number of ketones is 2. The van der Waals surface area contributed by atoms with E-state index in [1.165, 1.54) is 30.9 Å². The summed E-state index contributed by atoms with van der Waals surface area (Å²) in [5.74, 6) is -5.64. The van der Waals surface area contributed by atoms with Crippen molar-refractivity contribution in [2.45, 2.75) is 43.9 Å². The number of rotatable bonds is 7. The van der Waals surface area contributed by atoms with Crippen LogP contribution in [0.25, 0.3) is 0 Å². The molecule has 0 saturated heterocycles. The van der Waals surface area contributed by atoms with Crippen molar-refractivity contribution in [3.63, 3.8) is 0 Å². The van der Waals surface area contributed by atoms with E-state index in [0.29, 0.717) is 29.3 Å². The summed E-state index contributed by atoms with van der Waals surface area (Å²) < 4.78 is 5.69. The highest BCUT2D eigenvalue weighted by atomic mass is 16.5. The number of aliphatic hydroxyl groups excluding tert-OH is 2. The number of hydrogen-bond acceptors (Lipinski definition) is 10. The van der Waals surface area contributed by atoms with Crippen molar-refractivity contribution in [1.82, 2.24) is 10.2 Å². The van der Waals surface area contributed by atoms with Crippen molar-refractivity contribution >= 4 is 17.5 Å². The number of phenols is 1. The molecule has 0 spiro atoms. The number of Topliss-reactive ketones (excluding diaryl/α,β-unsaturated/α-hetero) is 2. The number of ether oxygens (including phenoxy) is 1. The van der Waals surface area contributed by atoms with Crippen LogP contribution in [0.3, 0.4) is 0 Å². The second-order valence-corrected chi connectivity index (χ2v) is 11.0. The number of nitrogens with one attached hydrogen (secondary N) is 1. The van der Waals surface area contributed by atoms with Gasteiger partial charge in [-0.2, -0.15) is 0 Å². The van der Waals surface area contributed by atoms with Crippen molar-refractivity contribution in [1.29, 1.82) is 0 Å². The fourth-order valence-corrected chi connectivity index (χ4v) is 6.48. The lowest BCUT2D eigenvalue weighted by atomic mass is 9.58. The van der Waals surface area contributed by atoms with Gasteiger partial charge >= 0.3 is 0 Å². The Balaban J connectivity index is 1.62. The number of methoxy groups -OCH3 is 1. The summed E-state index contributed by atoms with van der Waals surface area (Å²) in [6.45, 7) is 1.27. The molecule has 204 valence electrons. The highest BCUT2D eigenvalue weighted by molar-refractivity contribution is 6.24. The van der Waals surface area contributed by atoms with Crippen LogP contribution in [0.5, 0.6) is 11.5 Å². The molecule has 0 heterocycles. The molecule has 1 amide bonds. The Labute approximate surface area is 219 Å². The zero-order valence-electron chi connectivity index (χ0n) is 21.6. The van der Waals surface area contributed by atoms with Gasteiger partial charge in [-0.15, -0.1) is 0 Å². The molecule has 0 radical (unpaired) electrons. The predicted molar refractivity (Wildman–Crippen MR) is 135 cm³/mol. The summed E-state index contributed by atoms with van der Waals surface area (Å²) >= 11 is 0. The maximum Gasteiger partial charge on any atom is 0.255 e. The van der Waals surface area contributed by atoms with Gasteiger partial charge in [0.15, 0.2) is 11.4 Å². The van der Waals surface area contributed by atoms with E-state index in [2.05, 4.69) is 5.32 Å². The van der Waals surface area contributed by atoms with Gasteiger partial charge in [0, 0.05) is 29.2 Å². The summed E-state index contributed by atoms with van der Waals surface area (Å²) in [4.78, 5) is 40.7. The number of carbonyl (C=O) groups excluding carboxylic acids is 3. The molecular formula is C27H33N3O8. The molecule has 4 aliphatic carbocycles. The predicted octanol–water partition coefficient (Wildman–Crippen LogP) is 0.629. The Morgan fingerprint density at radius 3 is 2.50 bits per heavy atom. The van der Waals surface area contributed by atoms with Crippen molar-refractivity contribution in [2.75, 3.05) is 27.7 Å². The molecule has 5 rings (SSSR count). The van der Waals surface area contributed by atoms with Gasteiger partial charge < -0.3 is 36.2 Å². The molecule has 1 fully saturated rings. The topological polar surface area (TPSA) is 183 Å². The number of primary amides is 1. The number of nitrogens with zero attached hydrogens (tertiary/aromatic N) is 1.